The summed E-state index contributed by atoms with van der Waals surface area (Å²) in [6.07, 6.45) is 1.92. The lowest BCUT2D eigenvalue weighted by molar-refractivity contribution is -0.143. The molecule has 3 aliphatic rings. The molecule has 1 aliphatic heterocycles. The summed E-state index contributed by atoms with van der Waals surface area (Å²) in [7, 11) is 0. The van der Waals surface area contributed by atoms with E-state index in [1.54, 1.807) is 11.0 Å². The molecule has 1 saturated heterocycles. The van der Waals surface area contributed by atoms with Gasteiger partial charge in [-0.05, 0) is 55.4 Å². The zero-order chi connectivity index (χ0) is 24.0. The van der Waals surface area contributed by atoms with Crippen LogP contribution in [0.1, 0.15) is 53.2 Å². The van der Waals surface area contributed by atoms with Gasteiger partial charge < -0.3 is 14.7 Å². The maximum absolute atomic E-state index is 13.4. The minimum atomic E-state index is -1.49. The molecule has 1 N–H and O–H groups in total. The predicted octanol–water partition coefficient (Wildman–Crippen LogP) is 3.33. The van der Waals surface area contributed by atoms with E-state index in [4.69, 9.17) is 4.74 Å². The first kappa shape index (κ1) is 22.1. The molecule has 1 heterocycles. The number of rotatable bonds is 7. The van der Waals surface area contributed by atoms with Gasteiger partial charge in [0.15, 0.2) is 0 Å². The first-order chi connectivity index (χ1) is 16.3. The molecule has 2 aliphatic carbocycles. The van der Waals surface area contributed by atoms with E-state index in [0.717, 1.165) is 23.3 Å². The zero-order valence-corrected chi connectivity index (χ0v) is 18.9. The lowest BCUT2D eigenvalue weighted by Gasteiger charge is -2.30. The highest BCUT2D eigenvalue weighted by Gasteiger charge is 2.58. The van der Waals surface area contributed by atoms with Crippen LogP contribution in [0.25, 0.3) is 0 Å². The Kier molecular flexibility index (Phi) is 5.38. The Labute approximate surface area is 197 Å². The Morgan fingerprint density at radius 2 is 1.91 bits per heavy atom. The summed E-state index contributed by atoms with van der Waals surface area (Å²) in [5.74, 6) is -1.50. The zero-order valence-electron chi connectivity index (χ0n) is 18.9. The topological polar surface area (TPSA) is 104 Å². The molecule has 2 fully saturated rings. The van der Waals surface area contributed by atoms with Crippen LogP contribution in [-0.4, -0.2) is 51.4 Å². The Bertz CT molecular complexity index is 1180. The Morgan fingerprint density at radius 3 is 2.59 bits per heavy atom. The van der Waals surface area contributed by atoms with E-state index in [2.05, 4.69) is 0 Å². The summed E-state index contributed by atoms with van der Waals surface area (Å²) in [6, 6.07) is 14.1. The SMILES string of the molecule is C[C@@H](C1CC1)N(Cc1ccccc1)C(=O)CN1C(=O)OC2(CCc3cc(C(=O)O)ccc32)C1=O. The number of imide groups is 1. The Balaban J connectivity index is 1.37. The number of carbonyl (C=O) groups is 4. The Hall–Kier alpha value is -3.68. The fraction of sp³-hybridized carbons (Fsp3) is 0.385. The largest absolute Gasteiger partial charge is 0.478 e. The summed E-state index contributed by atoms with van der Waals surface area (Å²) in [4.78, 5) is 53.6. The smallest absolute Gasteiger partial charge is 0.418 e. The summed E-state index contributed by atoms with van der Waals surface area (Å²) in [6.45, 7) is 2.03. The molecule has 2 atom stereocenters. The number of carbonyl (C=O) groups excluding carboxylic acids is 3. The molecule has 5 rings (SSSR count). The average molecular weight is 463 g/mol. The molecule has 0 bridgehead atoms. The molecule has 2 aromatic rings. The number of hydrogen-bond acceptors (Lipinski definition) is 5. The van der Waals surface area contributed by atoms with Gasteiger partial charge >= 0.3 is 12.1 Å². The first-order valence-corrected chi connectivity index (χ1v) is 11.5. The van der Waals surface area contributed by atoms with Gasteiger partial charge in [-0.2, -0.15) is 0 Å². The predicted molar refractivity (Wildman–Crippen MR) is 121 cm³/mol. The second-order valence-corrected chi connectivity index (χ2v) is 9.35. The van der Waals surface area contributed by atoms with E-state index in [0.29, 0.717) is 30.0 Å². The van der Waals surface area contributed by atoms with Crippen molar-refractivity contribution < 1.29 is 29.0 Å². The summed E-state index contributed by atoms with van der Waals surface area (Å²) in [5.41, 5.74) is 0.774. The molecule has 1 unspecified atom stereocenters. The van der Waals surface area contributed by atoms with Gasteiger partial charge in [-0.3, -0.25) is 9.59 Å². The van der Waals surface area contributed by atoms with Gasteiger partial charge in [0.25, 0.3) is 5.91 Å². The molecule has 176 valence electrons. The number of aryl methyl sites for hydroxylation is 1. The third-order valence-electron chi connectivity index (χ3n) is 7.21. The molecule has 2 aromatic carbocycles. The molecular weight excluding hydrogens is 436 g/mol. The van der Waals surface area contributed by atoms with Crippen LogP contribution in [0.5, 0.6) is 0 Å². The van der Waals surface area contributed by atoms with Gasteiger partial charge in [0.1, 0.15) is 6.54 Å². The third kappa shape index (κ3) is 3.73. The molecule has 34 heavy (non-hydrogen) atoms. The second kappa shape index (κ2) is 8.27. The minimum absolute atomic E-state index is 0.00274. The van der Waals surface area contributed by atoms with Gasteiger partial charge in [0.2, 0.25) is 11.5 Å². The van der Waals surface area contributed by atoms with E-state index in [1.165, 1.54) is 12.1 Å². The van der Waals surface area contributed by atoms with Crippen molar-refractivity contribution in [1.82, 2.24) is 9.80 Å². The lowest BCUT2D eigenvalue weighted by atomic mass is 9.94. The first-order valence-electron chi connectivity index (χ1n) is 11.5. The van der Waals surface area contributed by atoms with E-state index < -0.39 is 23.6 Å². The number of carboxylic acids is 1. The van der Waals surface area contributed by atoms with Crippen molar-refractivity contribution in [3.63, 3.8) is 0 Å². The van der Waals surface area contributed by atoms with Gasteiger partial charge in [-0.25, -0.2) is 14.5 Å². The molecule has 8 nitrogen and oxygen atoms in total. The highest BCUT2D eigenvalue weighted by molar-refractivity contribution is 6.06. The molecular formula is C26H26N2O6. The number of fused-ring (bicyclic) bond motifs is 2. The fourth-order valence-electron chi connectivity index (χ4n) is 5.08. The average Bonchev–Trinajstić information content (AvgIpc) is 3.58. The van der Waals surface area contributed by atoms with Crippen LogP contribution in [0.15, 0.2) is 48.5 Å². The van der Waals surface area contributed by atoms with Crippen molar-refractivity contribution in [2.75, 3.05) is 6.54 Å². The van der Waals surface area contributed by atoms with Crippen LogP contribution in [0.4, 0.5) is 4.79 Å². The molecule has 8 heteroatoms. The molecule has 1 spiro atoms. The monoisotopic (exact) mass is 462 g/mol. The van der Waals surface area contributed by atoms with Crippen molar-refractivity contribution in [3.8, 4) is 0 Å². The molecule has 3 amide bonds. The summed E-state index contributed by atoms with van der Waals surface area (Å²) < 4.78 is 5.60. The van der Waals surface area contributed by atoms with E-state index in [-0.39, 0.29) is 30.5 Å². The van der Waals surface area contributed by atoms with E-state index >= 15 is 0 Å². The van der Waals surface area contributed by atoms with Crippen molar-refractivity contribution >= 4 is 23.9 Å². The van der Waals surface area contributed by atoms with Crippen LogP contribution >= 0.6 is 0 Å². The van der Waals surface area contributed by atoms with E-state index in [1.807, 2.05) is 37.3 Å². The number of carboxylic acid groups (broad SMARTS) is 1. The summed E-state index contributed by atoms with van der Waals surface area (Å²) in [5, 5.41) is 9.25. The molecule has 0 radical (unpaired) electrons. The van der Waals surface area contributed by atoms with Crippen LogP contribution in [0.3, 0.4) is 0 Å². The van der Waals surface area contributed by atoms with Gasteiger partial charge in [0, 0.05) is 24.6 Å². The minimum Gasteiger partial charge on any atom is -0.478 e. The van der Waals surface area contributed by atoms with Crippen molar-refractivity contribution in [2.24, 2.45) is 5.92 Å². The third-order valence-corrected chi connectivity index (χ3v) is 7.21. The van der Waals surface area contributed by atoms with E-state index in [9.17, 15) is 24.3 Å². The lowest BCUT2D eigenvalue weighted by Crippen LogP contribution is -2.47. The highest BCUT2D eigenvalue weighted by Crippen LogP contribution is 2.45. The normalized spacial score (nSPS) is 22.0. The van der Waals surface area contributed by atoms with Gasteiger partial charge in [0.05, 0.1) is 5.56 Å². The van der Waals surface area contributed by atoms with Gasteiger partial charge in [-0.15, -0.1) is 0 Å². The second-order valence-electron chi connectivity index (χ2n) is 9.35. The Morgan fingerprint density at radius 1 is 1.18 bits per heavy atom. The fourth-order valence-corrected chi connectivity index (χ4v) is 5.08. The number of amides is 3. The summed E-state index contributed by atoms with van der Waals surface area (Å²) >= 11 is 0. The van der Waals surface area contributed by atoms with Crippen LogP contribution < -0.4 is 0 Å². The van der Waals surface area contributed by atoms with Crippen LogP contribution in [0, 0.1) is 5.92 Å². The maximum Gasteiger partial charge on any atom is 0.418 e. The van der Waals surface area contributed by atoms with Gasteiger partial charge in [-0.1, -0.05) is 36.4 Å². The van der Waals surface area contributed by atoms with Crippen molar-refractivity contribution in [2.45, 2.75) is 50.8 Å². The van der Waals surface area contributed by atoms with Crippen molar-refractivity contribution in [1.29, 1.82) is 0 Å². The highest BCUT2D eigenvalue weighted by atomic mass is 16.6. The quantitative estimate of drug-likeness (QED) is 0.677. The van der Waals surface area contributed by atoms with Crippen LogP contribution in [-0.2, 0) is 32.9 Å². The number of ether oxygens (including phenoxy) is 1. The molecule has 1 saturated carbocycles. The van der Waals surface area contributed by atoms with Crippen molar-refractivity contribution in [3.05, 3.63) is 70.8 Å². The maximum atomic E-state index is 13.4. The number of aromatic carboxylic acids is 1. The van der Waals surface area contributed by atoms with Crippen LogP contribution in [0.2, 0.25) is 0 Å². The standard InChI is InChI=1S/C26H26N2O6/c1-16(18-7-8-18)27(14-17-5-3-2-4-6-17)22(29)15-28-24(32)26(34-25(28)33)12-11-19-13-20(23(30)31)9-10-21(19)26/h2-6,9-10,13,16,18H,7-8,11-12,14-15H2,1H3,(H,30,31)/t16-,26?/m0/s1. The number of benzene rings is 2. The molecule has 0 aromatic heterocycles. The number of nitrogens with zero attached hydrogens (tertiary/aromatic N) is 2. The number of hydrogen-bond donors (Lipinski definition) is 1.